The van der Waals surface area contributed by atoms with Crippen molar-refractivity contribution in [2.45, 2.75) is 11.1 Å². The third kappa shape index (κ3) is 4.47. The predicted molar refractivity (Wildman–Crippen MR) is 94.7 cm³/mol. The molecular weight excluding hydrogens is 401 g/mol. The molecule has 2 rings (SSSR count). The van der Waals surface area contributed by atoms with Crippen LogP contribution in [-0.2, 0) is 21.0 Å². The summed E-state index contributed by atoms with van der Waals surface area (Å²) in [6, 6.07) is 7.22. The van der Waals surface area contributed by atoms with Crippen molar-refractivity contribution in [3.05, 3.63) is 48.0 Å². The standard InChI is InChI=1S/C17H17F3N2O5S/c1-26-14-7-6-13(9-15(14)27-2)28(24,25)22(10-16(21)23)12-5-3-4-11(8-12)17(18,19)20/h3-9H,10H2,1-2H3,(H2,21,23). The molecule has 0 aliphatic rings. The smallest absolute Gasteiger partial charge is 0.416 e. The summed E-state index contributed by atoms with van der Waals surface area (Å²) in [5, 5.41) is 0. The third-order valence-electron chi connectivity index (χ3n) is 3.70. The first-order valence-electron chi connectivity index (χ1n) is 7.71. The Morgan fingerprint density at radius 1 is 1.07 bits per heavy atom. The van der Waals surface area contributed by atoms with Crippen LogP contribution < -0.4 is 19.5 Å². The van der Waals surface area contributed by atoms with E-state index in [1.807, 2.05) is 0 Å². The molecule has 0 atom stereocenters. The fraction of sp³-hybridized carbons (Fsp3) is 0.235. The van der Waals surface area contributed by atoms with Crippen molar-refractivity contribution in [3.63, 3.8) is 0 Å². The molecule has 0 bridgehead atoms. The monoisotopic (exact) mass is 418 g/mol. The zero-order chi connectivity index (χ0) is 21.1. The van der Waals surface area contributed by atoms with Crippen LogP contribution >= 0.6 is 0 Å². The van der Waals surface area contributed by atoms with Crippen molar-refractivity contribution in [1.82, 2.24) is 0 Å². The highest BCUT2D eigenvalue weighted by atomic mass is 32.2. The second-order valence-corrected chi connectivity index (χ2v) is 7.41. The predicted octanol–water partition coefficient (Wildman–Crippen LogP) is 2.40. The molecule has 152 valence electrons. The molecule has 0 saturated heterocycles. The van der Waals surface area contributed by atoms with Crippen LogP contribution in [0.2, 0.25) is 0 Å². The van der Waals surface area contributed by atoms with Gasteiger partial charge in [-0.25, -0.2) is 8.42 Å². The van der Waals surface area contributed by atoms with Crippen LogP contribution in [-0.4, -0.2) is 35.1 Å². The molecule has 0 unspecified atom stereocenters. The highest BCUT2D eigenvalue weighted by Crippen LogP contribution is 2.35. The van der Waals surface area contributed by atoms with E-state index in [0.29, 0.717) is 10.4 Å². The summed E-state index contributed by atoms with van der Waals surface area (Å²) >= 11 is 0. The average Bonchev–Trinajstić information content (AvgIpc) is 2.64. The number of benzene rings is 2. The van der Waals surface area contributed by atoms with E-state index >= 15 is 0 Å². The van der Waals surface area contributed by atoms with Crippen molar-refractivity contribution in [2.75, 3.05) is 25.1 Å². The zero-order valence-electron chi connectivity index (χ0n) is 14.9. The summed E-state index contributed by atoms with van der Waals surface area (Å²) in [4.78, 5) is 11.1. The molecule has 7 nitrogen and oxygen atoms in total. The number of hydrogen-bond donors (Lipinski definition) is 1. The topological polar surface area (TPSA) is 98.9 Å². The Morgan fingerprint density at radius 2 is 1.71 bits per heavy atom. The number of anilines is 1. The van der Waals surface area contributed by atoms with E-state index in [1.165, 1.54) is 26.4 Å². The number of nitrogens with zero attached hydrogens (tertiary/aromatic N) is 1. The van der Waals surface area contributed by atoms with Crippen LogP contribution in [0.4, 0.5) is 18.9 Å². The molecule has 2 aromatic rings. The lowest BCUT2D eigenvalue weighted by atomic mass is 10.2. The summed E-state index contributed by atoms with van der Waals surface area (Å²) in [6.45, 7) is -0.849. The molecule has 11 heteroatoms. The first-order chi connectivity index (χ1) is 13.0. The maximum atomic E-state index is 13.0. The second-order valence-electron chi connectivity index (χ2n) is 5.54. The first-order valence-corrected chi connectivity index (χ1v) is 9.15. The van der Waals surface area contributed by atoms with Gasteiger partial charge in [-0.15, -0.1) is 0 Å². The van der Waals surface area contributed by atoms with Crippen LogP contribution in [0.5, 0.6) is 11.5 Å². The molecule has 0 aromatic heterocycles. The number of alkyl halides is 3. The number of hydrogen-bond acceptors (Lipinski definition) is 5. The normalized spacial score (nSPS) is 11.8. The van der Waals surface area contributed by atoms with Crippen LogP contribution in [0, 0.1) is 0 Å². The molecule has 0 saturated carbocycles. The molecular formula is C17H17F3N2O5S. The fourth-order valence-electron chi connectivity index (χ4n) is 2.40. The zero-order valence-corrected chi connectivity index (χ0v) is 15.7. The molecule has 2 aromatic carbocycles. The number of sulfonamides is 1. The fourth-order valence-corrected chi connectivity index (χ4v) is 3.84. The number of carbonyl (C=O) groups is 1. The number of carbonyl (C=O) groups excluding carboxylic acids is 1. The highest BCUT2D eigenvalue weighted by molar-refractivity contribution is 7.92. The summed E-state index contributed by atoms with van der Waals surface area (Å²) in [6.07, 6.45) is -4.69. The van der Waals surface area contributed by atoms with Gasteiger partial charge in [-0.3, -0.25) is 9.10 Å². The van der Waals surface area contributed by atoms with Gasteiger partial charge in [0.25, 0.3) is 10.0 Å². The molecule has 0 radical (unpaired) electrons. The van der Waals surface area contributed by atoms with Crippen molar-refractivity contribution < 1.29 is 35.9 Å². The quantitative estimate of drug-likeness (QED) is 0.745. The van der Waals surface area contributed by atoms with E-state index in [2.05, 4.69) is 0 Å². The van der Waals surface area contributed by atoms with Gasteiger partial charge in [0.15, 0.2) is 11.5 Å². The van der Waals surface area contributed by atoms with E-state index in [0.717, 1.165) is 24.3 Å². The summed E-state index contributed by atoms with van der Waals surface area (Å²) in [7, 11) is -1.79. The van der Waals surface area contributed by atoms with Crippen LogP contribution in [0.25, 0.3) is 0 Å². The number of rotatable bonds is 7. The van der Waals surface area contributed by atoms with E-state index in [9.17, 15) is 26.4 Å². The molecule has 0 aliphatic carbocycles. The van der Waals surface area contributed by atoms with Gasteiger partial charge in [0.05, 0.1) is 30.4 Å². The Hall–Kier alpha value is -2.95. The van der Waals surface area contributed by atoms with Crippen molar-refractivity contribution in [2.24, 2.45) is 5.73 Å². The van der Waals surface area contributed by atoms with E-state index in [1.54, 1.807) is 0 Å². The number of amides is 1. The number of methoxy groups -OCH3 is 2. The molecule has 0 spiro atoms. The number of halogens is 3. The first kappa shape index (κ1) is 21.4. The van der Waals surface area contributed by atoms with Gasteiger partial charge >= 0.3 is 6.18 Å². The number of ether oxygens (including phenoxy) is 2. The molecule has 0 aliphatic heterocycles. The van der Waals surface area contributed by atoms with Gasteiger partial charge < -0.3 is 15.2 Å². The highest BCUT2D eigenvalue weighted by Gasteiger charge is 2.33. The van der Waals surface area contributed by atoms with Crippen LogP contribution in [0.3, 0.4) is 0 Å². The average molecular weight is 418 g/mol. The summed E-state index contributed by atoms with van der Waals surface area (Å²) < 4.78 is 75.7. The van der Waals surface area contributed by atoms with E-state index in [-0.39, 0.29) is 22.1 Å². The van der Waals surface area contributed by atoms with Crippen LogP contribution in [0.1, 0.15) is 5.56 Å². The lowest BCUT2D eigenvalue weighted by molar-refractivity contribution is -0.137. The molecule has 28 heavy (non-hydrogen) atoms. The lowest BCUT2D eigenvalue weighted by Crippen LogP contribution is -2.38. The Kier molecular flexibility index (Phi) is 6.07. The molecule has 2 N–H and O–H groups in total. The molecule has 1 amide bonds. The van der Waals surface area contributed by atoms with Crippen molar-refractivity contribution in [3.8, 4) is 11.5 Å². The van der Waals surface area contributed by atoms with Gasteiger partial charge in [-0.2, -0.15) is 13.2 Å². The van der Waals surface area contributed by atoms with E-state index < -0.39 is 34.2 Å². The number of primary amides is 1. The Balaban J connectivity index is 2.61. The maximum absolute atomic E-state index is 13.0. The summed E-state index contributed by atoms with van der Waals surface area (Å²) in [5.74, 6) is -0.699. The SMILES string of the molecule is COc1ccc(S(=O)(=O)N(CC(N)=O)c2cccc(C(F)(F)F)c2)cc1OC. The largest absolute Gasteiger partial charge is 0.493 e. The van der Waals surface area contributed by atoms with Gasteiger partial charge in [0.2, 0.25) is 5.91 Å². The van der Waals surface area contributed by atoms with Crippen molar-refractivity contribution >= 4 is 21.6 Å². The molecule has 0 heterocycles. The third-order valence-corrected chi connectivity index (χ3v) is 5.47. The molecule has 0 fully saturated rings. The van der Waals surface area contributed by atoms with Crippen LogP contribution in [0.15, 0.2) is 47.4 Å². The van der Waals surface area contributed by atoms with Gasteiger partial charge in [-0.05, 0) is 30.3 Å². The Morgan fingerprint density at radius 3 is 2.25 bits per heavy atom. The maximum Gasteiger partial charge on any atom is 0.416 e. The van der Waals surface area contributed by atoms with Gasteiger partial charge in [-0.1, -0.05) is 6.07 Å². The second kappa shape index (κ2) is 7.97. The van der Waals surface area contributed by atoms with E-state index in [4.69, 9.17) is 15.2 Å². The number of nitrogens with two attached hydrogens (primary N) is 1. The lowest BCUT2D eigenvalue weighted by Gasteiger charge is -2.24. The summed E-state index contributed by atoms with van der Waals surface area (Å²) in [5.41, 5.74) is 3.69. The Bertz CT molecular complexity index is 977. The van der Waals surface area contributed by atoms with Crippen molar-refractivity contribution in [1.29, 1.82) is 0 Å². The van der Waals surface area contributed by atoms with Gasteiger partial charge in [0, 0.05) is 6.07 Å². The minimum absolute atomic E-state index is 0.0895. The minimum Gasteiger partial charge on any atom is -0.493 e. The minimum atomic E-state index is -4.69. The Labute approximate surface area is 159 Å². The van der Waals surface area contributed by atoms with Gasteiger partial charge in [0.1, 0.15) is 6.54 Å².